The molecule has 8 heteroatoms. The molecule has 2 atom stereocenters. The largest absolute Gasteiger partial charge is 0.496 e. The van der Waals surface area contributed by atoms with Crippen LogP contribution in [-0.2, 0) is 19.6 Å². The van der Waals surface area contributed by atoms with E-state index in [-0.39, 0.29) is 23.8 Å². The Kier molecular flexibility index (Phi) is 5.93. The maximum absolute atomic E-state index is 13.2. The van der Waals surface area contributed by atoms with E-state index in [1.165, 1.54) is 25.3 Å². The molecule has 29 heavy (non-hydrogen) atoms. The summed E-state index contributed by atoms with van der Waals surface area (Å²) in [4.78, 5) is 25.2. The first-order valence-corrected chi connectivity index (χ1v) is 10.8. The van der Waals surface area contributed by atoms with Crippen LogP contribution in [0.3, 0.4) is 0 Å². The van der Waals surface area contributed by atoms with Crippen LogP contribution in [0.2, 0.25) is 0 Å². The van der Waals surface area contributed by atoms with Crippen molar-refractivity contribution in [3.63, 3.8) is 0 Å². The number of sulfonamides is 1. The minimum Gasteiger partial charge on any atom is -0.496 e. The Hall–Kier alpha value is -2.87. The number of nitrogens with one attached hydrogen (secondary N) is 1. The summed E-state index contributed by atoms with van der Waals surface area (Å²) in [5.74, 6) is -0.519. The summed E-state index contributed by atoms with van der Waals surface area (Å²) in [6.45, 7) is 3.53. The van der Waals surface area contributed by atoms with Gasteiger partial charge in [0, 0.05) is 6.42 Å². The number of carbonyl (C=O) groups is 2. The maximum atomic E-state index is 13.2. The van der Waals surface area contributed by atoms with Crippen LogP contribution in [0.25, 0.3) is 0 Å². The van der Waals surface area contributed by atoms with Gasteiger partial charge in [0.25, 0.3) is 10.0 Å². The minimum atomic E-state index is -4.16. The molecule has 3 rings (SSSR count). The zero-order valence-electron chi connectivity index (χ0n) is 16.6. The molecule has 0 unspecified atom stereocenters. The maximum Gasteiger partial charge on any atom is 0.267 e. The first-order chi connectivity index (χ1) is 13.8. The van der Waals surface area contributed by atoms with Crippen LogP contribution >= 0.6 is 0 Å². The molecule has 0 aliphatic carbocycles. The smallest absolute Gasteiger partial charge is 0.267 e. The summed E-state index contributed by atoms with van der Waals surface area (Å²) in [7, 11) is -2.67. The van der Waals surface area contributed by atoms with Crippen LogP contribution in [0.15, 0.2) is 53.4 Å². The number of hydrogen-bond acceptors (Lipinski definition) is 5. The Morgan fingerprint density at radius 3 is 2.52 bits per heavy atom. The topological polar surface area (TPSA) is 92.8 Å². The molecular weight excluding hydrogens is 392 g/mol. The number of amides is 2. The van der Waals surface area contributed by atoms with Crippen molar-refractivity contribution in [2.75, 3.05) is 7.11 Å². The fourth-order valence-corrected chi connectivity index (χ4v) is 5.15. The summed E-state index contributed by atoms with van der Waals surface area (Å²) in [5, 5.41) is 2.82. The third kappa shape index (κ3) is 4.12. The van der Waals surface area contributed by atoms with Crippen LogP contribution in [0.5, 0.6) is 5.75 Å². The number of benzene rings is 2. The molecule has 0 saturated carbocycles. The van der Waals surface area contributed by atoms with Gasteiger partial charge in [-0.3, -0.25) is 9.59 Å². The quantitative estimate of drug-likeness (QED) is 0.781. The van der Waals surface area contributed by atoms with E-state index >= 15 is 0 Å². The standard InChI is InChI=1S/C21H24N2O5S/c1-14-13-17(9-11-19(14)28-3)29(26,27)23-18(10-12-20(23)24)21(25)22-15(2)16-7-5-4-6-8-16/h4-9,11,13,15,18H,10,12H2,1-3H3,(H,22,25)/t15-,18-/m1/s1. The minimum absolute atomic E-state index is 0.00612. The summed E-state index contributed by atoms with van der Waals surface area (Å²) in [6, 6.07) is 12.3. The third-order valence-electron chi connectivity index (χ3n) is 5.04. The van der Waals surface area contributed by atoms with Gasteiger partial charge in [0.15, 0.2) is 0 Å². The Morgan fingerprint density at radius 1 is 1.21 bits per heavy atom. The average Bonchev–Trinajstić information content (AvgIpc) is 3.11. The predicted molar refractivity (Wildman–Crippen MR) is 108 cm³/mol. The molecule has 0 radical (unpaired) electrons. The lowest BCUT2D eigenvalue weighted by molar-refractivity contribution is -0.131. The van der Waals surface area contributed by atoms with Gasteiger partial charge in [-0.05, 0) is 49.6 Å². The fourth-order valence-electron chi connectivity index (χ4n) is 3.46. The zero-order chi connectivity index (χ0) is 21.2. The number of methoxy groups -OCH3 is 1. The number of aryl methyl sites for hydroxylation is 1. The van der Waals surface area contributed by atoms with E-state index in [0.717, 1.165) is 9.87 Å². The Morgan fingerprint density at radius 2 is 1.90 bits per heavy atom. The molecule has 1 saturated heterocycles. The second-order valence-electron chi connectivity index (χ2n) is 7.02. The van der Waals surface area contributed by atoms with Gasteiger partial charge < -0.3 is 10.1 Å². The van der Waals surface area contributed by atoms with E-state index < -0.39 is 27.9 Å². The van der Waals surface area contributed by atoms with E-state index in [1.54, 1.807) is 6.92 Å². The molecular formula is C21H24N2O5S. The van der Waals surface area contributed by atoms with Crippen LogP contribution < -0.4 is 10.1 Å². The molecule has 2 aromatic carbocycles. The highest BCUT2D eigenvalue weighted by molar-refractivity contribution is 7.89. The highest BCUT2D eigenvalue weighted by atomic mass is 32.2. The summed E-state index contributed by atoms with van der Waals surface area (Å²) >= 11 is 0. The van der Waals surface area contributed by atoms with Gasteiger partial charge in [-0.15, -0.1) is 0 Å². The van der Waals surface area contributed by atoms with Crippen LogP contribution in [-0.4, -0.2) is 37.7 Å². The lowest BCUT2D eigenvalue weighted by atomic mass is 10.1. The van der Waals surface area contributed by atoms with E-state index in [9.17, 15) is 18.0 Å². The van der Waals surface area contributed by atoms with Crippen molar-refractivity contribution in [1.82, 2.24) is 9.62 Å². The lowest BCUT2D eigenvalue weighted by Crippen LogP contribution is -2.47. The van der Waals surface area contributed by atoms with Crippen molar-refractivity contribution >= 4 is 21.8 Å². The van der Waals surface area contributed by atoms with Crippen molar-refractivity contribution in [2.45, 2.75) is 43.7 Å². The molecule has 1 aliphatic rings. The third-order valence-corrected chi connectivity index (χ3v) is 6.87. The number of carbonyl (C=O) groups excluding carboxylic acids is 2. The first-order valence-electron chi connectivity index (χ1n) is 9.33. The molecule has 1 N–H and O–H groups in total. The lowest BCUT2D eigenvalue weighted by Gasteiger charge is -2.25. The van der Waals surface area contributed by atoms with Crippen molar-refractivity contribution in [1.29, 1.82) is 0 Å². The van der Waals surface area contributed by atoms with Crippen LogP contribution in [0.1, 0.15) is 36.9 Å². The summed E-state index contributed by atoms with van der Waals surface area (Å²) in [6.07, 6.45) is 0.159. The molecule has 154 valence electrons. The first kappa shape index (κ1) is 20.9. The molecule has 1 aliphatic heterocycles. The summed E-state index contributed by atoms with van der Waals surface area (Å²) < 4.78 is 32.2. The van der Waals surface area contributed by atoms with Crippen molar-refractivity contribution < 1.29 is 22.7 Å². The van der Waals surface area contributed by atoms with Gasteiger partial charge in [-0.1, -0.05) is 30.3 Å². The fraction of sp³-hybridized carbons (Fsp3) is 0.333. The van der Waals surface area contributed by atoms with E-state index in [0.29, 0.717) is 11.3 Å². The number of hydrogen-bond donors (Lipinski definition) is 1. The number of nitrogens with zero attached hydrogens (tertiary/aromatic N) is 1. The van der Waals surface area contributed by atoms with Gasteiger partial charge in [-0.25, -0.2) is 12.7 Å². The second kappa shape index (κ2) is 8.24. The SMILES string of the molecule is COc1ccc(S(=O)(=O)N2C(=O)CC[C@@H]2C(=O)N[C@H](C)c2ccccc2)cc1C. The second-order valence-corrected chi connectivity index (χ2v) is 8.84. The predicted octanol–water partition coefficient (Wildman–Crippen LogP) is 2.56. The molecule has 0 spiro atoms. The highest BCUT2D eigenvalue weighted by Crippen LogP contribution is 2.30. The van der Waals surface area contributed by atoms with E-state index in [4.69, 9.17) is 4.74 Å². The average molecular weight is 416 g/mol. The number of rotatable bonds is 6. The molecule has 1 fully saturated rings. The van der Waals surface area contributed by atoms with Gasteiger partial charge >= 0.3 is 0 Å². The van der Waals surface area contributed by atoms with Crippen molar-refractivity contribution in [2.24, 2.45) is 0 Å². The van der Waals surface area contributed by atoms with E-state index in [2.05, 4.69) is 5.32 Å². The molecule has 0 aromatic heterocycles. The Labute approximate surface area is 170 Å². The van der Waals surface area contributed by atoms with Gasteiger partial charge in [-0.2, -0.15) is 0 Å². The zero-order valence-corrected chi connectivity index (χ0v) is 17.4. The molecule has 2 aromatic rings. The Bertz CT molecular complexity index is 1020. The highest BCUT2D eigenvalue weighted by Gasteiger charge is 2.44. The van der Waals surface area contributed by atoms with Gasteiger partial charge in [0.05, 0.1) is 18.0 Å². The van der Waals surface area contributed by atoms with E-state index in [1.807, 2.05) is 37.3 Å². The van der Waals surface area contributed by atoms with Gasteiger partial charge in [0.2, 0.25) is 11.8 Å². The summed E-state index contributed by atoms with van der Waals surface area (Å²) in [5.41, 5.74) is 1.52. The van der Waals surface area contributed by atoms with Gasteiger partial charge in [0.1, 0.15) is 11.8 Å². The van der Waals surface area contributed by atoms with Crippen LogP contribution in [0, 0.1) is 6.92 Å². The van der Waals surface area contributed by atoms with Crippen molar-refractivity contribution in [3.05, 3.63) is 59.7 Å². The van der Waals surface area contributed by atoms with Crippen molar-refractivity contribution in [3.8, 4) is 5.75 Å². The molecule has 1 heterocycles. The van der Waals surface area contributed by atoms with Crippen LogP contribution in [0.4, 0.5) is 0 Å². The molecule has 2 amide bonds. The Balaban J connectivity index is 1.86. The molecule has 0 bridgehead atoms. The molecule has 7 nitrogen and oxygen atoms in total. The normalized spacial score (nSPS) is 17.8. The number of ether oxygens (including phenoxy) is 1. The monoisotopic (exact) mass is 416 g/mol.